The van der Waals surface area contributed by atoms with Crippen molar-refractivity contribution in [1.82, 2.24) is 20.1 Å². The molecule has 1 N–H and O–H groups in total. The Bertz CT molecular complexity index is 581. The lowest BCUT2D eigenvalue weighted by atomic mass is 10.1. The van der Waals surface area contributed by atoms with Crippen LogP contribution in [-0.4, -0.2) is 21.8 Å². The van der Waals surface area contributed by atoms with E-state index in [1.807, 2.05) is 25.6 Å². The maximum absolute atomic E-state index is 5.94. The van der Waals surface area contributed by atoms with Gasteiger partial charge in [-0.3, -0.25) is 0 Å². The number of rotatable bonds is 5. The highest BCUT2D eigenvalue weighted by atomic mass is 16.5. The zero-order valence-electron chi connectivity index (χ0n) is 12.8. The Hall–Kier alpha value is -1.88. The molecule has 1 aromatic carbocycles. The van der Waals surface area contributed by atoms with Crippen LogP contribution < -0.4 is 10.1 Å². The van der Waals surface area contributed by atoms with Gasteiger partial charge in [-0.1, -0.05) is 12.1 Å². The van der Waals surface area contributed by atoms with Crippen LogP contribution in [0.5, 0.6) is 5.75 Å². The Balaban J connectivity index is 2.15. The molecular formula is C15H22N4O. The van der Waals surface area contributed by atoms with Crippen LogP contribution in [-0.2, 0) is 20.2 Å². The summed E-state index contributed by atoms with van der Waals surface area (Å²) >= 11 is 0. The lowest BCUT2D eigenvalue weighted by Gasteiger charge is -2.14. The largest absolute Gasteiger partial charge is 0.485 e. The van der Waals surface area contributed by atoms with Crippen molar-refractivity contribution in [3.8, 4) is 5.75 Å². The van der Waals surface area contributed by atoms with Crippen LogP contribution in [0.15, 0.2) is 12.1 Å². The van der Waals surface area contributed by atoms with Gasteiger partial charge in [0.1, 0.15) is 18.2 Å². The topological polar surface area (TPSA) is 52.0 Å². The predicted octanol–water partition coefficient (Wildman–Crippen LogP) is 2.04. The minimum atomic E-state index is 0.435. The normalized spacial score (nSPS) is 10.8. The summed E-state index contributed by atoms with van der Waals surface area (Å²) in [5.74, 6) is 2.66. The van der Waals surface area contributed by atoms with E-state index in [-0.39, 0.29) is 0 Å². The molecular weight excluding hydrogens is 252 g/mol. The Kier molecular flexibility index (Phi) is 4.39. The lowest BCUT2D eigenvalue weighted by molar-refractivity contribution is 0.287. The van der Waals surface area contributed by atoms with Crippen LogP contribution in [0.25, 0.3) is 0 Å². The number of hydrogen-bond donors (Lipinski definition) is 1. The first kappa shape index (κ1) is 14.5. The fourth-order valence-corrected chi connectivity index (χ4v) is 2.29. The van der Waals surface area contributed by atoms with Gasteiger partial charge >= 0.3 is 0 Å². The third-order valence-corrected chi connectivity index (χ3v) is 3.43. The maximum Gasteiger partial charge on any atom is 0.170 e. The first-order chi connectivity index (χ1) is 9.52. The van der Waals surface area contributed by atoms with Crippen molar-refractivity contribution < 1.29 is 4.74 Å². The van der Waals surface area contributed by atoms with Gasteiger partial charge in [-0.15, -0.1) is 10.2 Å². The van der Waals surface area contributed by atoms with Crippen LogP contribution >= 0.6 is 0 Å². The molecule has 0 radical (unpaired) electrons. The van der Waals surface area contributed by atoms with Crippen molar-refractivity contribution in [2.45, 2.75) is 33.9 Å². The Morgan fingerprint density at radius 1 is 1.15 bits per heavy atom. The fourth-order valence-electron chi connectivity index (χ4n) is 2.29. The van der Waals surface area contributed by atoms with Gasteiger partial charge in [0, 0.05) is 13.6 Å². The van der Waals surface area contributed by atoms with Crippen molar-refractivity contribution >= 4 is 0 Å². The molecule has 0 unspecified atom stereocenters. The van der Waals surface area contributed by atoms with E-state index < -0.39 is 0 Å². The second-order valence-corrected chi connectivity index (χ2v) is 5.10. The van der Waals surface area contributed by atoms with E-state index in [2.05, 4.69) is 41.5 Å². The molecule has 0 atom stereocenters. The minimum Gasteiger partial charge on any atom is -0.485 e. The summed E-state index contributed by atoms with van der Waals surface area (Å²) in [6.45, 7) is 7.38. The van der Waals surface area contributed by atoms with Gasteiger partial charge in [0.2, 0.25) is 0 Å². The Labute approximate surface area is 120 Å². The molecule has 1 aromatic heterocycles. The fraction of sp³-hybridized carbons (Fsp3) is 0.467. The van der Waals surface area contributed by atoms with E-state index >= 15 is 0 Å². The lowest BCUT2D eigenvalue weighted by Crippen LogP contribution is -2.08. The quantitative estimate of drug-likeness (QED) is 0.906. The van der Waals surface area contributed by atoms with E-state index in [4.69, 9.17) is 4.74 Å². The summed E-state index contributed by atoms with van der Waals surface area (Å²) < 4.78 is 7.88. The minimum absolute atomic E-state index is 0.435. The van der Waals surface area contributed by atoms with Crippen LogP contribution in [0.4, 0.5) is 0 Å². The summed E-state index contributed by atoms with van der Waals surface area (Å²) in [4.78, 5) is 0. The molecule has 0 saturated carbocycles. The van der Waals surface area contributed by atoms with E-state index in [1.165, 1.54) is 5.56 Å². The predicted molar refractivity (Wildman–Crippen MR) is 78.8 cm³/mol. The van der Waals surface area contributed by atoms with Gasteiger partial charge in [-0.25, -0.2) is 0 Å². The average Bonchev–Trinajstić information content (AvgIpc) is 2.70. The van der Waals surface area contributed by atoms with Crippen molar-refractivity contribution in [2.75, 3.05) is 7.05 Å². The zero-order valence-corrected chi connectivity index (χ0v) is 12.8. The number of ether oxygens (including phenoxy) is 1. The van der Waals surface area contributed by atoms with Crippen LogP contribution in [0.2, 0.25) is 0 Å². The number of benzene rings is 1. The number of nitrogens with one attached hydrogen (secondary N) is 1. The second-order valence-electron chi connectivity index (χ2n) is 5.10. The molecule has 0 fully saturated rings. The third kappa shape index (κ3) is 2.99. The molecule has 0 bridgehead atoms. The molecule has 0 spiro atoms. The molecule has 5 heteroatoms. The van der Waals surface area contributed by atoms with Gasteiger partial charge < -0.3 is 14.6 Å². The molecule has 0 aliphatic heterocycles. The van der Waals surface area contributed by atoms with Gasteiger partial charge in [-0.2, -0.15) is 0 Å². The molecule has 0 amide bonds. The smallest absolute Gasteiger partial charge is 0.170 e. The zero-order chi connectivity index (χ0) is 14.7. The molecule has 2 aromatic rings. The van der Waals surface area contributed by atoms with Crippen molar-refractivity contribution in [2.24, 2.45) is 7.05 Å². The number of nitrogens with zero attached hydrogens (tertiary/aromatic N) is 3. The van der Waals surface area contributed by atoms with Crippen molar-refractivity contribution in [3.63, 3.8) is 0 Å². The van der Waals surface area contributed by atoms with Crippen molar-refractivity contribution in [1.29, 1.82) is 0 Å². The number of aromatic nitrogens is 3. The standard InChI is InChI=1S/C15H22N4O/c1-10-6-13(8-16-4)7-11(2)15(10)20-9-14-18-17-12(3)19(14)5/h6-7,16H,8-9H2,1-5H3. The van der Waals surface area contributed by atoms with Gasteiger partial charge in [-0.05, 0) is 44.5 Å². The van der Waals surface area contributed by atoms with Crippen LogP contribution in [0.3, 0.4) is 0 Å². The Morgan fingerprint density at radius 3 is 2.30 bits per heavy atom. The highest BCUT2D eigenvalue weighted by Crippen LogP contribution is 2.25. The first-order valence-corrected chi connectivity index (χ1v) is 6.75. The van der Waals surface area contributed by atoms with Crippen LogP contribution in [0.1, 0.15) is 28.3 Å². The highest BCUT2D eigenvalue weighted by Gasteiger charge is 2.10. The molecule has 5 nitrogen and oxygen atoms in total. The maximum atomic E-state index is 5.94. The summed E-state index contributed by atoms with van der Waals surface area (Å²) in [7, 11) is 3.90. The number of hydrogen-bond acceptors (Lipinski definition) is 4. The monoisotopic (exact) mass is 274 g/mol. The number of aryl methyl sites for hydroxylation is 3. The second kappa shape index (κ2) is 6.05. The molecule has 0 aliphatic carbocycles. The SMILES string of the molecule is CNCc1cc(C)c(OCc2nnc(C)n2C)c(C)c1. The first-order valence-electron chi connectivity index (χ1n) is 6.75. The van der Waals surface area contributed by atoms with E-state index in [1.54, 1.807) is 0 Å². The molecule has 0 saturated heterocycles. The third-order valence-electron chi connectivity index (χ3n) is 3.43. The van der Waals surface area contributed by atoms with Crippen molar-refractivity contribution in [3.05, 3.63) is 40.5 Å². The summed E-state index contributed by atoms with van der Waals surface area (Å²) in [5.41, 5.74) is 3.56. The van der Waals surface area contributed by atoms with Gasteiger partial charge in [0.25, 0.3) is 0 Å². The summed E-state index contributed by atoms with van der Waals surface area (Å²) in [6.07, 6.45) is 0. The molecule has 0 aliphatic rings. The highest BCUT2D eigenvalue weighted by molar-refractivity contribution is 5.43. The molecule has 2 rings (SSSR count). The van der Waals surface area contributed by atoms with E-state index in [9.17, 15) is 0 Å². The van der Waals surface area contributed by atoms with E-state index in [0.717, 1.165) is 35.1 Å². The van der Waals surface area contributed by atoms with Gasteiger partial charge in [0.15, 0.2) is 5.82 Å². The Morgan fingerprint density at radius 2 is 1.80 bits per heavy atom. The molecule has 108 valence electrons. The summed E-state index contributed by atoms with van der Waals surface area (Å²) in [6, 6.07) is 4.31. The summed E-state index contributed by atoms with van der Waals surface area (Å²) in [5, 5.41) is 11.3. The molecule has 20 heavy (non-hydrogen) atoms. The average molecular weight is 274 g/mol. The van der Waals surface area contributed by atoms with Crippen LogP contribution in [0, 0.1) is 20.8 Å². The van der Waals surface area contributed by atoms with E-state index in [0.29, 0.717) is 6.61 Å². The molecule has 1 heterocycles. The van der Waals surface area contributed by atoms with Gasteiger partial charge in [0.05, 0.1) is 0 Å².